The van der Waals surface area contributed by atoms with Crippen LogP contribution in [-0.2, 0) is 12.6 Å². The second kappa shape index (κ2) is 5.76. The minimum Gasteiger partial charge on any atom is -0.299 e. The molecule has 0 atom stereocenters. The maximum Gasteiger partial charge on any atom is 0.220 e. The summed E-state index contributed by atoms with van der Waals surface area (Å²) in [7, 11) is 2.20. The number of nitrogens with zero attached hydrogens (tertiary/aromatic N) is 4. The van der Waals surface area contributed by atoms with Crippen LogP contribution >= 0.6 is 0 Å². The molecule has 4 heterocycles. The number of rotatable bonds is 1. The molecule has 0 saturated carbocycles. The molecule has 0 amide bonds. The molecule has 0 fully saturated rings. The summed E-state index contributed by atoms with van der Waals surface area (Å²) in [6, 6.07) is 13.0. The molecule has 5 aromatic rings. The molecule has 4 nitrogen and oxygen atoms in total. The predicted molar refractivity (Wildman–Crippen MR) is 127 cm³/mol. The average molecular weight is 410 g/mol. The summed E-state index contributed by atoms with van der Waals surface area (Å²) >= 11 is 0. The molecule has 1 aliphatic rings. The number of aromatic nitrogens is 4. The van der Waals surface area contributed by atoms with Gasteiger partial charge in [0.05, 0.1) is 38.7 Å². The minimum atomic E-state index is -0.232. The van der Waals surface area contributed by atoms with Gasteiger partial charge in [-0.15, -0.1) is 0 Å². The van der Waals surface area contributed by atoms with Crippen LogP contribution in [0.2, 0.25) is 0 Å². The molecule has 0 radical (unpaired) electrons. The summed E-state index contributed by atoms with van der Waals surface area (Å²) in [6.07, 6.45) is 2.31. The smallest absolute Gasteiger partial charge is 0.220 e. The second-order valence-corrected chi connectivity index (χ2v) is 9.97. The Kier molecular flexibility index (Phi) is 3.46. The number of pyridine rings is 1. The van der Waals surface area contributed by atoms with E-state index in [0.717, 1.165) is 11.3 Å². The van der Waals surface area contributed by atoms with Crippen LogP contribution in [0.1, 0.15) is 55.9 Å². The molecule has 0 unspecified atom stereocenters. The van der Waals surface area contributed by atoms with Gasteiger partial charge in [-0.25, -0.2) is 9.55 Å². The van der Waals surface area contributed by atoms with Crippen LogP contribution in [0.5, 0.6) is 0 Å². The van der Waals surface area contributed by atoms with Gasteiger partial charge in [0.2, 0.25) is 11.5 Å². The molecule has 0 aliphatic carbocycles. The quantitative estimate of drug-likeness (QED) is 0.323. The van der Waals surface area contributed by atoms with Crippen LogP contribution in [0.3, 0.4) is 0 Å². The van der Waals surface area contributed by atoms with E-state index in [9.17, 15) is 0 Å². The molecule has 0 spiro atoms. The summed E-state index contributed by atoms with van der Waals surface area (Å²) in [5, 5.41) is 0. The first-order chi connectivity index (χ1) is 14.7. The SMILES string of the molecule is Cc1c[n+](C)c2c(c1C(C)C)C(C)(C)n1c3c-2c(C)ccc3n2c3ccccc3nc12. The van der Waals surface area contributed by atoms with Crippen molar-refractivity contribution in [1.29, 1.82) is 0 Å². The summed E-state index contributed by atoms with van der Waals surface area (Å²) in [5.74, 6) is 1.47. The Labute approximate surface area is 182 Å². The molecule has 6 rings (SSSR count). The van der Waals surface area contributed by atoms with E-state index in [4.69, 9.17) is 4.98 Å². The van der Waals surface area contributed by atoms with Crippen LogP contribution in [0.4, 0.5) is 0 Å². The molecule has 31 heavy (non-hydrogen) atoms. The standard InChI is InChI=1S/C27H29N4/c1-15(2)21-17(4)14-29(7)25-22-16(3)12-13-20-24(22)31(27(5,6)23(21)25)26-28-18-10-8-9-11-19(18)30(20)26/h8-15H,1-7H3/q+1. The number of fused-ring (bicyclic) bond motifs is 7. The summed E-state index contributed by atoms with van der Waals surface area (Å²) < 4.78 is 7.19. The van der Waals surface area contributed by atoms with Crippen molar-refractivity contribution in [2.45, 2.75) is 53.0 Å². The third-order valence-corrected chi connectivity index (χ3v) is 7.23. The summed E-state index contributed by atoms with van der Waals surface area (Å²) in [5.41, 5.74) is 12.7. The Morgan fingerprint density at radius 3 is 2.45 bits per heavy atom. The van der Waals surface area contributed by atoms with Gasteiger partial charge in [-0.1, -0.05) is 32.0 Å². The van der Waals surface area contributed by atoms with Crippen LogP contribution in [0.25, 0.3) is 39.1 Å². The fourth-order valence-corrected chi connectivity index (χ4v) is 6.12. The lowest BCUT2D eigenvalue weighted by Crippen LogP contribution is -2.42. The lowest BCUT2D eigenvalue weighted by Gasteiger charge is -2.36. The monoisotopic (exact) mass is 409 g/mol. The molecule has 1 aliphatic heterocycles. The Bertz CT molecular complexity index is 1560. The molecule has 0 bridgehead atoms. The lowest BCUT2D eigenvalue weighted by atomic mass is 9.77. The van der Waals surface area contributed by atoms with E-state index in [2.05, 4.69) is 105 Å². The lowest BCUT2D eigenvalue weighted by molar-refractivity contribution is -0.661. The third kappa shape index (κ3) is 2.10. The van der Waals surface area contributed by atoms with Crippen LogP contribution < -0.4 is 4.57 Å². The highest BCUT2D eigenvalue weighted by Crippen LogP contribution is 2.49. The van der Waals surface area contributed by atoms with Crippen LogP contribution in [0.15, 0.2) is 42.6 Å². The zero-order chi connectivity index (χ0) is 21.8. The molecule has 3 aromatic heterocycles. The fraction of sp³-hybridized carbons (Fsp3) is 0.333. The van der Waals surface area contributed by atoms with Crippen LogP contribution in [-0.4, -0.2) is 14.0 Å². The van der Waals surface area contributed by atoms with E-state index in [1.165, 1.54) is 50.1 Å². The number of hydrogen-bond donors (Lipinski definition) is 0. The van der Waals surface area contributed by atoms with Gasteiger partial charge < -0.3 is 0 Å². The van der Waals surface area contributed by atoms with Crippen molar-refractivity contribution < 1.29 is 4.57 Å². The fourth-order valence-electron chi connectivity index (χ4n) is 6.12. The topological polar surface area (TPSA) is 26.1 Å². The maximum absolute atomic E-state index is 5.13. The zero-order valence-corrected chi connectivity index (χ0v) is 19.4. The second-order valence-electron chi connectivity index (χ2n) is 9.97. The highest BCUT2D eigenvalue weighted by molar-refractivity contribution is 6.01. The Hall–Kier alpha value is -3.14. The highest BCUT2D eigenvalue weighted by Gasteiger charge is 2.44. The normalized spacial score (nSPS) is 14.8. The average Bonchev–Trinajstić information content (AvgIpc) is 3.22. The van der Waals surface area contributed by atoms with Crippen molar-refractivity contribution in [3.63, 3.8) is 0 Å². The van der Waals surface area contributed by atoms with Gasteiger partial charge in [0.25, 0.3) is 0 Å². The van der Waals surface area contributed by atoms with E-state index >= 15 is 0 Å². The maximum atomic E-state index is 5.13. The van der Waals surface area contributed by atoms with Gasteiger partial charge in [-0.2, -0.15) is 0 Å². The first-order valence-corrected chi connectivity index (χ1v) is 11.2. The van der Waals surface area contributed by atoms with Gasteiger partial charge in [0.1, 0.15) is 7.05 Å². The number of para-hydroxylation sites is 2. The van der Waals surface area contributed by atoms with Crippen molar-refractivity contribution in [2.75, 3.05) is 0 Å². The zero-order valence-electron chi connectivity index (χ0n) is 19.4. The molecule has 0 saturated heterocycles. The number of aryl methyl sites for hydroxylation is 3. The van der Waals surface area contributed by atoms with Gasteiger partial charge in [0, 0.05) is 5.56 Å². The Morgan fingerprint density at radius 2 is 1.71 bits per heavy atom. The molecule has 4 heteroatoms. The van der Waals surface area contributed by atoms with E-state index in [-0.39, 0.29) is 5.54 Å². The number of imidazole rings is 2. The molecule has 0 N–H and O–H groups in total. The predicted octanol–water partition coefficient (Wildman–Crippen LogP) is 5.77. The van der Waals surface area contributed by atoms with Crippen molar-refractivity contribution in [3.05, 3.63) is 64.8 Å². The molecular weight excluding hydrogens is 380 g/mol. The first-order valence-electron chi connectivity index (χ1n) is 11.2. The molecule has 2 aromatic carbocycles. The Balaban J connectivity index is 1.94. The van der Waals surface area contributed by atoms with E-state index in [0.29, 0.717) is 5.92 Å². The van der Waals surface area contributed by atoms with E-state index in [1.807, 2.05) is 0 Å². The Morgan fingerprint density at radius 1 is 0.968 bits per heavy atom. The summed E-state index contributed by atoms with van der Waals surface area (Å²) in [6.45, 7) is 13.9. The van der Waals surface area contributed by atoms with Gasteiger partial charge in [-0.05, 0) is 62.9 Å². The third-order valence-electron chi connectivity index (χ3n) is 7.23. The van der Waals surface area contributed by atoms with Crippen molar-refractivity contribution in [1.82, 2.24) is 14.0 Å². The van der Waals surface area contributed by atoms with Crippen molar-refractivity contribution in [3.8, 4) is 11.3 Å². The molecular formula is C27H29N4+. The number of benzene rings is 2. The van der Waals surface area contributed by atoms with Crippen molar-refractivity contribution >= 4 is 27.8 Å². The van der Waals surface area contributed by atoms with Gasteiger partial charge >= 0.3 is 0 Å². The molecule has 156 valence electrons. The largest absolute Gasteiger partial charge is 0.299 e. The number of hydrogen-bond acceptors (Lipinski definition) is 1. The van der Waals surface area contributed by atoms with Crippen molar-refractivity contribution in [2.24, 2.45) is 7.05 Å². The van der Waals surface area contributed by atoms with Gasteiger partial charge in [0.15, 0.2) is 6.20 Å². The summed E-state index contributed by atoms with van der Waals surface area (Å²) in [4.78, 5) is 5.13. The first kappa shape index (κ1) is 18.6. The van der Waals surface area contributed by atoms with Crippen LogP contribution in [0, 0.1) is 13.8 Å². The minimum absolute atomic E-state index is 0.232. The highest BCUT2D eigenvalue weighted by atomic mass is 15.2. The van der Waals surface area contributed by atoms with Gasteiger partial charge in [-0.3, -0.25) is 8.97 Å². The van der Waals surface area contributed by atoms with E-state index in [1.54, 1.807) is 0 Å². The van der Waals surface area contributed by atoms with E-state index < -0.39 is 0 Å².